The molecule has 4 aliphatic rings. The highest BCUT2D eigenvalue weighted by molar-refractivity contribution is 7.93. The summed E-state index contributed by atoms with van der Waals surface area (Å²) in [5, 5.41) is 9.23. The number of anilines is 1. The van der Waals surface area contributed by atoms with Crippen LogP contribution in [0.4, 0.5) is 40.9 Å². The van der Waals surface area contributed by atoms with Crippen LogP contribution >= 0.6 is 11.6 Å². The van der Waals surface area contributed by atoms with E-state index in [9.17, 15) is 39.6 Å². The maximum atomic E-state index is 15.6. The smallest absolute Gasteiger partial charge is 0.399 e. The number of halogens is 9. The summed E-state index contributed by atoms with van der Waals surface area (Å²) in [6.45, 7) is 5.04. The molecule has 0 spiro atoms. The monoisotopic (exact) mass is 1010 g/mol. The molecule has 364 valence electrons. The van der Waals surface area contributed by atoms with E-state index in [0.29, 0.717) is 29.1 Å². The van der Waals surface area contributed by atoms with Crippen LogP contribution < -0.4 is 21.1 Å². The van der Waals surface area contributed by atoms with Crippen LogP contribution in [-0.4, -0.2) is 73.4 Å². The first kappa shape index (κ1) is 47.1. The summed E-state index contributed by atoms with van der Waals surface area (Å²) in [7, 11) is -5.09. The second-order valence-corrected chi connectivity index (χ2v) is 21.2. The molecule has 1 aliphatic heterocycles. The number of amides is 1. The highest BCUT2D eigenvalue weighted by Gasteiger charge is 2.67. The molecule has 0 radical (unpaired) electrons. The summed E-state index contributed by atoms with van der Waals surface area (Å²) in [5.41, 5.74) is -5.02. The molecule has 1 saturated heterocycles. The maximum absolute atomic E-state index is 15.6. The van der Waals surface area contributed by atoms with Crippen LogP contribution in [0.3, 0.4) is 0 Å². The minimum atomic E-state index is -4.10. The number of hydrogen-bond donors (Lipinski definition) is 2. The van der Waals surface area contributed by atoms with Crippen molar-refractivity contribution in [3.63, 3.8) is 0 Å². The van der Waals surface area contributed by atoms with Crippen molar-refractivity contribution in [3.05, 3.63) is 104 Å². The van der Waals surface area contributed by atoms with E-state index in [2.05, 4.69) is 20.2 Å². The van der Waals surface area contributed by atoms with Crippen LogP contribution in [0, 0.1) is 17.6 Å². The molecule has 2 N–H and O–H groups in total. The van der Waals surface area contributed by atoms with Gasteiger partial charge in [-0.05, 0) is 100 Å². The van der Waals surface area contributed by atoms with Gasteiger partial charge in [0, 0.05) is 24.0 Å². The zero-order valence-electron chi connectivity index (χ0n) is 36.8. The number of fused-ring (bicyclic) bond motifs is 5. The third kappa shape index (κ3) is 8.13. The van der Waals surface area contributed by atoms with Crippen LogP contribution in [0.25, 0.3) is 27.5 Å². The second kappa shape index (κ2) is 16.2. The fourth-order valence-electron chi connectivity index (χ4n) is 9.31. The first-order valence-electron chi connectivity index (χ1n) is 21.8. The summed E-state index contributed by atoms with van der Waals surface area (Å²) in [6, 6.07) is 7.58. The van der Waals surface area contributed by atoms with Gasteiger partial charge in [-0.25, -0.2) is 39.7 Å². The normalized spacial score (nSPS) is 20.5. The van der Waals surface area contributed by atoms with Crippen molar-refractivity contribution in [3.8, 4) is 5.69 Å². The Labute approximate surface area is 392 Å². The lowest BCUT2D eigenvalue weighted by atomic mass is 9.79. The lowest BCUT2D eigenvalue weighted by molar-refractivity contribution is -0.123. The molecule has 1 unspecified atom stereocenters. The largest absolute Gasteiger partial charge is 0.494 e. The predicted molar refractivity (Wildman–Crippen MR) is 236 cm³/mol. The van der Waals surface area contributed by atoms with Crippen LogP contribution in [0.1, 0.15) is 93.7 Å². The number of nitrogens with one attached hydrogen (secondary N) is 2. The molecule has 3 atom stereocenters. The number of aromatic nitrogens is 6. The Hall–Kier alpha value is -5.59. The molecule has 2 saturated carbocycles. The Morgan fingerprint density at radius 1 is 0.957 bits per heavy atom. The van der Waals surface area contributed by atoms with E-state index in [1.54, 1.807) is 0 Å². The van der Waals surface area contributed by atoms with Crippen LogP contribution in [0.15, 0.2) is 53.3 Å². The van der Waals surface area contributed by atoms with Crippen LogP contribution in [-0.2, 0) is 49.6 Å². The molecule has 1 amide bonds. The molecule has 3 aromatic heterocycles. The number of hydrogen-bond acceptors (Lipinski definition) is 9. The molecule has 3 fully saturated rings. The quantitative estimate of drug-likeness (QED) is 0.0828. The molecule has 25 heteroatoms. The van der Waals surface area contributed by atoms with E-state index < -0.39 is 136 Å². The van der Waals surface area contributed by atoms with Gasteiger partial charge in [0.1, 0.15) is 41.9 Å². The maximum Gasteiger partial charge on any atom is 0.494 e. The summed E-state index contributed by atoms with van der Waals surface area (Å²) < 4.78 is 162. The van der Waals surface area contributed by atoms with Crippen molar-refractivity contribution in [2.45, 2.75) is 114 Å². The van der Waals surface area contributed by atoms with Crippen molar-refractivity contribution < 1.29 is 57.6 Å². The van der Waals surface area contributed by atoms with Gasteiger partial charge in [0.05, 0.1) is 55.0 Å². The summed E-state index contributed by atoms with van der Waals surface area (Å²) in [6.07, 6.45) is -6.35. The van der Waals surface area contributed by atoms with Gasteiger partial charge in [-0.3, -0.25) is 28.2 Å². The molecule has 3 aliphatic carbocycles. The van der Waals surface area contributed by atoms with Gasteiger partial charge in [0.25, 0.3) is 24.3 Å². The van der Waals surface area contributed by atoms with Gasteiger partial charge in [0.15, 0.2) is 5.82 Å². The average molecular weight is 1010 g/mol. The highest BCUT2D eigenvalue weighted by atomic mass is 35.5. The van der Waals surface area contributed by atoms with Gasteiger partial charge < -0.3 is 14.6 Å². The molecule has 3 aromatic carbocycles. The van der Waals surface area contributed by atoms with Gasteiger partial charge >= 0.3 is 7.12 Å². The molecule has 10 rings (SSSR count). The molecule has 0 bridgehead atoms. The lowest BCUT2D eigenvalue weighted by Gasteiger charge is -2.32. The van der Waals surface area contributed by atoms with E-state index in [-0.39, 0.29) is 50.1 Å². The Kier molecular flexibility index (Phi) is 11.1. The number of nitrogens with zero attached hydrogens (tertiary/aromatic N) is 6. The average Bonchev–Trinajstić information content (AvgIpc) is 4.15. The number of sulfonamides is 1. The SMILES string of the molecule is CC1(C)OB(c2ccc3c(=O)n(-c4ccc(Cl)c5c(NS(=O)(=O)C6CC6)nn(CC(F)F)c45)c(C(Cc4cc(F)cc(F)c4)NC(=O)Cn4nc(C(F)F)c5c4C(F)(F)[C@@H]4C[C@H]54)nc3c2)OC1(C)C. The third-order valence-electron chi connectivity index (χ3n) is 13.5. The number of carbonyl (C=O) groups excluding carboxylic acids is 1. The highest BCUT2D eigenvalue weighted by Crippen LogP contribution is 2.68. The number of rotatable bonds is 14. The minimum absolute atomic E-state index is 0.0483. The predicted octanol–water partition coefficient (Wildman–Crippen LogP) is 7.58. The van der Waals surface area contributed by atoms with Gasteiger partial charge in [-0.15, -0.1) is 0 Å². The van der Waals surface area contributed by atoms with Gasteiger partial charge in [0.2, 0.25) is 15.9 Å². The van der Waals surface area contributed by atoms with Crippen molar-refractivity contribution in [2.75, 3.05) is 4.72 Å². The topological polar surface area (TPSA) is 164 Å². The van der Waals surface area contributed by atoms with Crippen molar-refractivity contribution in [1.29, 1.82) is 0 Å². The standard InChI is InChI=1S/C44H40BClF8N8O6S/c1-42(2)43(3,4)68-45(67-42)20-5-8-24-28(14-20)56-40(62(41(24)64)30-10-9-27(46)34-36(30)60(17-31(49)50)58-39(34)59-69(65,66)23-6-7-23)29(13-19-11-21(47)15-22(48)12-19)55-32(63)18-61-37-33(35(57-61)38(51)52)25-16-26(25)44(37,53)54/h5,8-12,14-15,23,25-26,29,31,38H,6-7,13,16-18H2,1-4H3,(H,55,63)(H,58,59)/t25-,26+,29?/m0/s1. The minimum Gasteiger partial charge on any atom is -0.399 e. The molecular weight excluding hydrogens is 967 g/mol. The van der Waals surface area contributed by atoms with Crippen LogP contribution in [0.2, 0.25) is 5.02 Å². The van der Waals surface area contributed by atoms with E-state index in [4.69, 9.17) is 25.9 Å². The second-order valence-electron chi connectivity index (χ2n) is 18.8. The van der Waals surface area contributed by atoms with E-state index in [0.717, 1.165) is 21.4 Å². The molecular formula is C44H40BClF8N8O6S. The van der Waals surface area contributed by atoms with Crippen molar-refractivity contribution in [2.24, 2.45) is 5.92 Å². The zero-order valence-corrected chi connectivity index (χ0v) is 38.4. The Morgan fingerprint density at radius 2 is 1.64 bits per heavy atom. The van der Waals surface area contributed by atoms with Gasteiger partial charge in [-0.1, -0.05) is 17.7 Å². The number of benzene rings is 3. The van der Waals surface area contributed by atoms with E-state index >= 15 is 13.6 Å². The zero-order chi connectivity index (χ0) is 49.4. The first-order chi connectivity index (χ1) is 32.3. The summed E-state index contributed by atoms with van der Waals surface area (Å²) in [5.74, 6) is -9.87. The Balaban J connectivity index is 1.19. The Morgan fingerprint density at radius 3 is 2.28 bits per heavy atom. The lowest BCUT2D eigenvalue weighted by Crippen LogP contribution is -2.41. The van der Waals surface area contributed by atoms with Crippen LogP contribution in [0.5, 0.6) is 0 Å². The summed E-state index contributed by atoms with van der Waals surface area (Å²) in [4.78, 5) is 34.4. The fourth-order valence-corrected chi connectivity index (χ4v) is 10.9. The fraction of sp³-hybridized carbons (Fsp3) is 0.432. The van der Waals surface area contributed by atoms with Crippen molar-refractivity contribution >= 4 is 67.7 Å². The first-order valence-corrected chi connectivity index (χ1v) is 23.7. The third-order valence-corrected chi connectivity index (χ3v) is 15.6. The molecule has 6 aromatic rings. The Bertz CT molecular complexity index is 3270. The molecule has 69 heavy (non-hydrogen) atoms. The van der Waals surface area contributed by atoms with Gasteiger partial charge in [-0.2, -0.15) is 19.0 Å². The molecule has 4 heterocycles. The number of carbonyl (C=O) groups is 1. The van der Waals surface area contributed by atoms with E-state index in [1.165, 1.54) is 30.3 Å². The van der Waals surface area contributed by atoms with Crippen molar-refractivity contribution in [1.82, 2.24) is 34.4 Å². The number of alkyl halides is 6. The summed E-state index contributed by atoms with van der Waals surface area (Å²) >= 11 is 6.69. The molecule has 14 nitrogen and oxygen atoms in total. The van der Waals surface area contributed by atoms with E-state index in [1.807, 2.05) is 27.7 Å².